The molecular weight excluding hydrogens is 437 g/mol. The molecule has 2 N–H and O–H groups in total. The fourth-order valence-corrected chi connectivity index (χ4v) is 2.98. The first kappa shape index (κ1) is 20.6. The normalized spacial score (nSPS) is 10.8. The van der Waals surface area contributed by atoms with Gasteiger partial charge in [0.1, 0.15) is 11.5 Å². The third kappa shape index (κ3) is 5.86. The van der Waals surface area contributed by atoms with Crippen LogP contribution in [0.1, 0.15) is 15.3 Å². The van der Waals surface area contributed by atoms with Gasteiger partial charge in [-0.15, -0.1) is 35.3 Å². The van der Waals surface area contributed by atoms with Gasteiger partial charge in [0.15, 0.2) is 5.96 Å². The molecule has 0 saturated carbocycles. The molecule has 0 aliphatic rings. The summed E-state index contributed by atoms with van der Waals surface area (Å²) in [6.07, 6.45) is 0. The maximum absolute atomic E-state index is 5.41. The molecule has 0 atom stereocenters. The molecule has 0 spiro atoms. The predicted molar refractivity (Wildman–Crippen MR) is 111 cm³/mol. The number of benzene rings is 1. The Bertz CT molecular complexity index is 674. The molecule has 1 heterocycles. The Morgan fingerprint density at radius 3 is 2.42 bits per heavy atom. The average Bonchev–Trinajstić information content (AvgIpc) is 3.00. The van der Waals surface area contributed by atoms with Crippen molar-refractivity contribution < 1.29 is 9.47 Å². The number of hydrogen-bond acceptors (Lipinski definition) is 4. The zero-order valence-corrected chi connectivity index (χ0v) is 17.5. The molecule has 0 bridgehead atoms. The van der Waals surface area contributed by atoms with Crippen LogP contribution in [-0.4, -0.2) is 27.2 Å². The van der Waals surface area contributed by atoms with Gasteiger partial charge in [-0.05, 0) is 31.2 Å². The van der Waals surface area contributed by atoms with Gasteiger partial charge in [0.05, 0.1) is 20.8 Å². The number of ether oxygens (including phenoxy) is 2. The Labute approximate surface area is 164 Å². The summed E-state index contributed by atoms with van der Waals surface area (Å²) in [5.74, 6) is 2.33. The summed E-state index contributed by atoms with van der Waals surface area (Å²) in [7, 11) is 5.06. The number of hydrogen-bond donors (Lipinski definition) is 2. The Morgan fingerprint density at radius 1 is 1.08 bits per heavy atom. The molecule has 1 aromatic carbocycles. The van der Waals surface area contributed by atoms with Gasteiger partial charge in [0, 0.05) is 35.0 Å². The highest BCUT2D eigenvalue weighted by molar-refractivity contribution is 14.0. The minimum absolute atomic E-state index is 0. The van der Waals surface area contributed by atoms with Crippen LogP contribution >= 0.6 is 35.3 Å². The van der Waals surface area contributed by atoms with E-state index in [0.717, 1.165) is 29.6 Å². The van der Waals surface area contributed by atoms with Gasteiger partial charge >= 0.3 is 0 Å². The van der Waals surface area contributed by atoms with Crippen molar-refractivity contribution in [1.29, 1.82) is 0 Å². The number of nitrogens with zero attached hydrogens (tertiary/aromatic N) is 1. The largest absolute Gasteiger partial charge is 0.497 e. The highest BCUT2D eigenvalue weighted by atomic mass is 127. The minimum Gasteiger partial charge on any atom is -0.497 e. The van der Waals surface area contributed by atoms with Crippen LogP contribution < -0.4 is 20.1 Å². The van der Waals surface area contributed by atoms with Gasteiger partial charge in [0.25, 0.3) is 0 Å². The Balaban J connectivity index is 0.00000288. The molecule has 0 radical (unpaired) electrons. The molecule has 1 aromatic heterocycles. The number of rotatable bonds is 6. The number of guanidine groups is 1. The average molecular weight is 461 g/mol. The van der Waals surface area contributed by atoms with Crippen molar-refractivity contribution in [2.45, 2.75) is 20.0 Å². The number of nitrogens with one attached hydrogen (secondary N) is 2. The molecule has 0 unspecified atom stereocenters. The Kier molecular flexibility index (Phi) is 8.91. The zero-order chi connectivity index (χ0) is 16.7. The van der Waals surface area contributed by atoms with Gasteiger partial charge < -0.3 is 20.1 Å². The van der Waals surface area contributed by atoms with E-state index < -0.39 is 0 Å². The molecule has 5 nitrogen and oxygen atoms in total. The van der Waals surface area contributed by atoms with E-state index in [4.69, 9.17) is 9.47 Å². The number of halogens is 1. The van der Waals surface area contributed by atoms with Gasteiger partial charge in [-0.1, -0.05) is 0 Å². The smallest absolute Gasteiger partial charge is 0.191 e. The molecule has 0 amide bonds. The molecule has 0 saturated heterocycles. The number of aliphatic imine (C=N–C) groups is 1. The highest BCUT2D eigenvalue weighted by Crippen LogP contribution is 2.24. The van der Waals surface area contributed by atoms with Gasteiger partial charge in [0.2, 0.25) is 0 Å². The molecule has 2 rings (SSSR count). The van der Waals surface area contributed by atoms with Crippen molar-refractivity contribution in [1.82, 2.24) is 10.6 Å². The fraction of sp³-hybridized carbons (Fsp3) is 0.353. The lowest BCUT2D eigenvalue weighted by Gasteiger charge is -2.14. The highest BCUT2D eigenvalue weighted by Gasteiger charge is 2.06. The van der Waals surface area contributed by atoms with Crippen molar-refractivity contribution in [2.75, 3.05) is 21.3 Å². The second-order valence-electron chi connectivity index (χ2n) is 4.97. The van der Waals surface area contributed by atoms with E-state index in [2.05, 4.69) is 34.7 Å². The van der Waals surface area contributed by atoms with E-state index in [-0.39, 0.29) is 24.0 Å². The topological polar surface area (TPSA) is 54.9 Å². The number of aryl methyl sites for hydroxylation is 1. The van der Waals surface area contributed by atoms with Gasteiger partial charge in [-0.3, -0.25) is 4.99 Å². The zero-order valence-electron chi connectivity index (χ0n) is 14.4. The van der Waals surface area contributed by atoms with Crippen LogP contribution in [0.5, 0.6) is 11.5 Å². The Hall–Kier alpha value is -1.48. The summed E-state index contributed by atoms with van der Waals surface area (Å²) in [6.45, 7) is 3.49. The summed E-state index contributed by atoms with van der Waals surface area (Å²) in [5.41, 5.74) is 1.04. The van der Waals surface area contributed by atoms with Gasteiger partial charge in [-0.25, -0.2) is 0 Å². The van der Waals surface area contributed by atoms with E-state index in [1.54, 1.807) is 32.6 Å². The van der Waals surface area contributed by atoms with E-state index in [1.807, 2.05) is 18.2 Å². The monoisotopic (exact) mass is 461 g/mol. The van der Waals surface area contributed by atoms with Crippen molar-refractivity contribution >= 4 is 41.3 Å². The first-order valence-electron chi connectivity index (χ1n) is 7.37. The fourth-order valence-electron chi connectivity index (χ4n) is 2.15. The maximum atomic E-state index is 5.41. The second-order valence-corrected chi connectivity index (χ2v) is 6.34. The molecule has 2 aromatic rings. The van der Waals surface area contributed by atoms with Crippen LogP contribution in [-0.2, 0) is 13.1 Å². The summed E-state index contributed by atoms with van der Waals surface area (Å²) in [5, 5.41) is 6.61. The molecule has 24 heavy (non-hydrogen) atoms. The van der Waals surface area contributed by atoms with Crippen molar-refractivity contribution in [3.63, 3.8) is 0 Å². The van der Waals surface area contributed by atoms with Crippen molar-refractivity contribution in [2.24, 2.45) is 4.99 Å². The third-order valence-electron chi connectivity index (χ3n) is 3.39. The molecule has 0 aliphatic carbocycles. The second kappa shape index (κ2) is 10.4. The van der Waals surface area contributed by atoms with Crippen LogP contribution in [0.2, 0.25) is 0 Å². The lowest BCUT2D eigenvalue weighted by Crippen LogP contribution is -2.36. The molecule has 132 valence electrons. The maximum Gasteiger partial charge on any atom is 0.191 e. The number of thiophene rings is 1. The molecule has 0 aliphatic heterocycles. The lowest BCUT2D eigenvalue weighted by molar-refractivity contribution is 0.390. The van der Waals surface area contributed by atoms with E-state index in [1.165, 1.54) is 9.75 Å². The first-order chi connectivity index (χ1) is 11.2. The van der Waals surface area contributed by atoms with Crippen LogP contribution in [0.15, 0.2) is 35.3 Å². The summed E-state index contributed by atoms with van der Waals surface area (Å²) >= 11 is 1.79. The Morgan fingerprint density at radius 2 is 1.83 bits per heavy atom. The molecule has 0 fully saturated rings. The SMILES string of the molecule is CN=C(NCc1ccc(C)s1)NCc1ccc(OC)cc1OC.I. The summed E-state index contributed by atoms with van der Waals surface area (Å²) in [6, 6.07) is 10.0. The van der Waals surface area contributed by atoms with E-state index in [0.29, 0.717) is 6.54 Å². The van der Waals surface area contributed by atoms with E-state index in [9.17, 15) is 0 Å². The van der Waals surface area contributed by atoms with Crippen LogP contribution in [0.3, 0.4) is 0 Å². The standard InChI is InChI=1S/C17H23N3O2S.HI/c1-12-5-8-15(23-12)11-20-17(18-2)19-10-13-6-7-14(21-3)9-16(13)22-4;/h5-9H,10-11H2,1-4H3,(H2,18,19,20);1H. The molecular formula is C17H24IN3O2S. The summed E-state index contributed by atoms with van der Waals surface area (Å²) < 4.78 is 10.6. The summed E-state index contributed by atoms with van der Waals surface area (Å²) in [4.78, 5) is 6.85. The number of methoxy groups -OCH3 is 2. The third-order valence-corrected chi connectivity index (χ3v) is 4.39. The van der Waals surface area contributed by atoms with Crippen LogP contribution in [0, 0.1) is 6.92 Å². The van der Waals surface area contributed by atoms with Crippen LogP contribution in [0.4, 0.5) is 0 Å². The van der Waals surface area contributed by atoms with Crippen molar-refractivity contribution in [3.8, 4) is 11.5 Å². The predicted octanol–water partition coefficient (Wildman–Crippen LogP) is 3.56. The van der Waals surface area contributed by atoms with Gasteiger partial charge in [-0.2, -0.15) is 0 Å². The molecule has 7 heteroatoms. The van der Waals surface area contributed by atoms with Crippen LogP contribution in [0.25, 0.3) is 0 Å². The quantitative estimate of drug-likeness (QED) is 0.393. The van der Waals surface area contributed by atoms with Crippen molar-refractivity contribution in [3.05, 3.63) is 45.6 Å². The first-order valence-corrected chi connectivity index (χ1v) is 8.18. The van der Waals surface area contributed by atoms with E-state index >= 15 is 0 Å². The lowest BCUT2D eigenvalue weighted by atomic mass is 10.2. The minimum atomic E-state index is 0.